The highest BCUT2D eigenvalue weighted by molar-refractivity contribution is 9.09. The molecule has 0 aromatic heterocycles. The summed E-state index contributed by atoms with van der Waals surface area (Å²) >= 11 is 15.8. The summed E-state index contributed by atoms with van der Waals surface area (Å²) in [4.78, 5) is 0. The average molecular weight is 376 g/mol. The number of halogens is 4. The van der Waals surface area contributed by atoms with Crippen LogP contribution in [0.25, 0.3) is 11.1 Å². The first-order valence-corrected chi connectivity index (χ1v) is 7.97. The predicted octanol–water partition coefficient (Wildman–Crippen LogP) is 5.50. The van der Waals surface area contributed by atoms with E-state index in [-0.39, 0.29) is 11.9 Å². The number of hydrogen-bond acceptors (Lipinski definition) is 1. The van der Waals surface area contributed by atoms with Crippen molar-refractivity contribution >= 4 is 39.1 Å². The molecule has 0 saturated heterocycles. The maximum absolute atomic E-state index is 13.8. The molecule has 1 aliphatic heterocycles. The van der Waals surface area contributed by atoms with Crippen molar-refractivity contribution in [2.75, 3.05) is 5.33 Å². The van der Waals surface area contributed by atoms with Crippen LogP contribution >= 0.6 is 39.1 Å². The Kier molecular flexibility index (Phi) is 3.93. The summed E-state index contributed by atoms with van der Waals surface area (Å²) in [5.74, 6) is 0.361. The van der Waals surface area contributed by atoms with Gasteiger partial charge < -0.3 is 4.74 Å². The molecule has 2 aromatic rings. The van der Waals surface area contributed by atoms with Crippen LogP contribution in [0.1, 0.15) is 5.56 Å². The van der Waals surface area contributed by atoms with Crippen LogP contribution in [0.2, 0.25) is 10.0 Å². The molecule has 20 heavy (non-hydrogen) atoms. The molecule has 3 rings (SSSR count). The minimum Gasteiger partial charge on any atom is -0.488 e. The Morgan fingerprint density at radius 2 is 1.95 bits per heavy atom. The fourth-order valence-electron chi connectivity index (χ4n) is 2.42. The van der Waals surface area contributed by atoms with Gasteiger partial charge in [-0.3, -0.25) is 0 Å². The highest BCUT2D eigenvalue weighted by Crippen LogP contribution is 2.44. The Labute approximate surface area is 134 Å². The van der Waals surface area contributed by atoms with Gasteiger partial charge >= 0.3 is 0 Å². The Morgan fingerprint density at radius 1 is 1.25 bits per heavy atom. The van der Waals surface area contributed by atoms with E-state index in [9.17, 15) is 4.39 Å². The lowest BCUT2D eigenvalue weighted by Gasteiger charge is -2.13. The molecule has 0 saturated carbocycles. The van der Waals surface area contributed by atoms with E-state index < -0.39 is 0 Å². The Morgan fingerprint density at radius 3 is 2.60 bits per heavy atom. The minimum atomic E-state index is -0.312. The van der Waals surface area contributed by atoms with Crippen LogP contribution < -0.4 is 4.74 Å². The van der Waals surface area contributed by atoms with Crippen LogP contribution in [0.3, 0.4) is 0 Å². The average Bonchev–Trinajstić information content (AvgIpc) is 2.81. The zero-order valence-corrected chi connectivity index (χ0v) is 13.4. The molecule has 0 radical (unpaired) electrons. The molecule has 104 valence electrons. The van der Waals surface area contributed by atoms with Crippen LogP contribution in [0.5, 0.6) is 5.75 Å². The summed E-state index contributed by atoms with van der Waals surface area (Å²) in [6.07, 6.45) is 0.680. The molecule has 0 amide bonds. The minimum absolute atomic E-state index is 0.00631. The topological polar surface area (TPSA) is 9.23 Å². The highest BCUT2D eigenvalue weighted by Gasteiger charge is 2.27. The lowest BCUT2D eigenvalue weighted by atomic mass is 10.00. The summed E-state index contributed by atoms with van der Waals surface area (Å²) in [6, 6.07) is 8.15. The van der Waals surface area contributed by atoms with Gasteiger partial charge in [-0.25, -0.2) is 4.39 Å². The number of fused-ring (bicyclic) bond motifs is 1. The smallest absolute Gasteiger partial charge is 0.131 e. The van der Waals surface area contributed by atoms with E-state index in [1.54, 1.807) is 18.2 Å². The maximum atomic E-state index is 13.8. The van der Waals surface area contributed by atoms with Crippen molar-refractivity contribution in [3.8, 4) is 16.9 Å². The van der Waals surface area contributed by atoms with E-state index in [1.165, 1.54) is 12.1 Å². The van der Waals surface area contributed by atoms with Crippen molar-refractivity contribution in [3.05, 3.63) is 51.8 Å². The van der Waals surface area contributed by atoms with E-state index >= 15 is 0 Å². The van der Waals surface area contributed by atoms with Gasteiger partial charge in [0.25, 0.3) is 0 Å². The molecule has 2 aromatic carbocycles. The van der Waals surface area contributed by atoms with E-state index in [0.29, 0.717) is 38.7 Å². The fraction of sp³-hybridized carbons (Fsp3) is 0.200. The molecule has 1 unspecified atom stereocenters. The normalized spacial score (nSPS) is 16.9. The van der Waals surface area contributed by atoms with Crippen molar-refractivity contribution in [2.24, 2.45) is 0 Å². The number of hydrogen-bond donors (Lipinski definition) is 0. The van der Waals surface area contributed by atoms with Gasteiger partial charge in [-0.2, -0.15) is 0 Å². The van der Waals surface area contributed by atoms with E-state index in [2.05, 4.69) is 15.9 Å². The second kappa shape index (κ2) is 5.55. The van der Waals surface area contributed by atoms with Gasteiger partial charge in [-0.05, 0) is 24.3 Å². The third-order valence-electron chi connectivity index (χ3n) is 3.27. The summed E-state index contributed by atoms with van der Waals surface area (Å²) < 4.78 is 19.7. The lowest BCUT2D eigenvalue weighted by Crippen LogP contribution is -2.13. The molecule has 0 spiro atoms. The molecular formula is C15H10BrCl2FO. The Bertz CT molecular complexity index is 655. The second-order valence-corrected chi connectivity index (χ2v) is 6.10. The molecule has 0 aliphatic carbocycles. The largest absolute Gasteiger partial charge is 0.488 e. The fourth-order valence-corrected chi connectivity index (χ4v) is 3.38. The standard InChI is InChI=1S/C15H10BrCl2FO/c16-7-10-5-8-4-9(19)6-11(15(8)20-10)14-12(17)2-1-3-13(14)18/h1-4,6,10H,5,7H2. The second-order valence-electron chi connectivity index (χ2n) is 4.64. The number of alkyl halides is 1. The first-order chi connectivity index (χ1) is 9.60. The van der Waals surface area contributed by atoms with Gasteiger partial charge in [0.05, 0.1) is 10.0 Å². The zero-order valence-electron chi connectivity index (χ0n) is 10.3. The van der Waals surface area contributed by atoms with Crippen molar-refractivity contribution in [3.63, 3.8) is 0 Å². The van der Waals surface area contributed by atoms with Crippen LogP contribution in [0, 0.1) is 5.82 Å². The lowest BCUT2D eigenvalue weighted by molar-refractivity contribution is 0.261. The summed E-state index contributed by atoms with van der Waals surface area (Å²) in [5.41, 5.74) is 2.07. The highest BCUT2D eigenvalue weighted by atomic mass is 79.9. The summed E-state index contributed by atoms with van der Waals surface area (Å²) in [7, 11) is 0. The van der Waals surface area contributed by atoms with Gasteiger partial charge in [0.2, 0.25) is 0 Å². The third kappa shape index (κ3) is 2.43. The van der Waals surface area contributed by atoms with Gasteiger partial charge in [-0.1, -0.05) is 45.2 Å². The Hall–Kier alpha value is -0.770. The predicted molar refractivity (Wildman–Crippen MR) is 83.8 cm³/mol. The quantitative estimate of drug-likeness (QED) is 0.630. The molecule has 0 N–H and O–H groups in total. The van der Waals surface area contributed by atoms with Crippen molar-refractivity contribution < 1.29 is 9.13 Å². The zero-order chi connectivity index (χ0) is 14.3. The number of benzene rings is 2. The summed E-state index contributed by atoms with van der Waals surface area (Å²) in [5, 5.41) is 1.66. The number of rotatable bonds is 2. The molecular weight excluding hydrogens is 366 g/mol. The van der Waals surface area contributed by atoms with Crippen LogP contribution in [0.4, 0.5) is 4.39 Å². The maximum Gasteiger partial charge on any atom is 0.131 e. The first-order valence-electron chi connectivity index (χ1n) is 6.09. The van der Waals surface area contributed by atoms with Crippen molar-refractivity contribution in [2.45, 2.75) is 12.5 Å². The van der Waals surface area contributed by atoms with Gasteiger partial charge in [0, 0.05) is 28.4 Å². The molecule has 0 fully saturated rings. The van der Waals surface area contributed by atoms with E-state index in [0.717, 1.165) is 5.56 Å². The first kappa shape index (κ1) is 14.2. The van der Waals surface area contributed by atoms with Crippen LogP contribution in [0.15, 0.2) is 30.3 Å². The van der Waals surface area contributed by atoms with Crippen LogP contribution in [-0.2, 0) is 6.42 Å². The SMILES string of the molecule is Fc1cc2c(c(-c3c(Cl)cccc3Cl)c1)OC(CBr)C2. The van der Waals surface area contributed by atoms with Crippen molar-refractivity contribution in [1.82, 2.24) is 0 Å². The molecule has 1 nitrogen and oxygen atoms in total. The number of ether oxygens (including phenoxy) is 1. The Balaban J connectivity index is 2.21. The third-order valence-corrected chi connectivity index (χ3v) is 4.62. The molecule has 1 heterocycles. The van der Waals surface area contributed by atoms with Crippen LogP contribution in [-0.4, -0.2) is 11.4 Å². The van der Waals surface area contributed by atoms with E-state index in [1.807, 2.05) is 0 Å². The van der Waals surface area contributed by atoms with Gasteiger partial charge in [0.1, 0.15) is 17.7 Å². The molecule has 1 atom stereocenters. The molecule has 1 aliphatic rings. The molecule has 0 bridgehead atoms. The molecule has 5 heteroatoms. The van der Waals surface area contributed by atoms with Crippen molar-refractivity contribution in [1.29, 1.82) is 0 Å². The summed E-state index contributed by atoms with van der Waals surface area (Å²) in [6.45, 7) is 0. The monoisotopic (exact) mass is 374 g/mol. The van der Waals surface area contributed by atoms with Gasteiger partial charge in [0.15, 0.2) is 0 Å². The van der Waals surface area contributed by atoms with Gasteiger partial charge in [-0.15, -0.1) is 0 Å². The van der Waals surface area contributed by atoms with E-state index in [4.69, 9.17) is 27.9 Å².